The van der Waals surface area contributed by atoms with E-state index in [1.807, 2.05) is 30.5 Å². The van der Waals surface area contributed by atoms with Crippen molar-refractivity contribution in [1.29, 1.82) is 0 Å². The number of benzene rings is 1. The second-order valence-corrected chi connectivity index (χ2v) is 4.28. The number of carbonyl (C=O) groups is 1. The van der Waals surface area contributed by atoms with Gasteiger partial charge in [-0.05, 0) is 31.2 Å². The zero-order valence-corrected chi connectivity index (χ0v) is 10.8. The third kappa shape index (κ3) is 2.44. The standard InChI is InChI=1S/C14H12N4O2/c1-10-8-13(17-20-10)14(19)16-11-4-2-5-12(9-11)18-7-3-6-15-18/h2-9H,1H3,(H,16,19). The van der Waals surface area contributed by atoms with Gasteiger partial charge < -0.3 is 9.84 Å². The number of anilines is 1. The van der Waals surface area contributed by atoms with Crippen molar-refractivity contribution in [3.8, 4) is 5.69 Å². The molecule has 0 bridgehead atoms. The SMILES string of the molecule is Cc1cc(C(=O)Nc2cccc(-n3cccn3)c2)no1. The van der Waals surface area contributed by atoms with Gasteiger partial charge in [0.05, 0.1) is 5.69 Å². The Morgan fingerprint density at radius 3 is 2.90 bits per heavy atom. The van der Waals surface area contributed by atoms with E-state index in [1.54, 1.807) is 29.9 Å². The number of hydrogen-bond donors (Lipinski definition) is 1. The molecule has 0 fully saturated rings. The molecule has 6 heteroatoms. The normalized spacial score (nSPS) is 10.4. The van der Waals surface area contributed by atoms with E-state index in [0.717, 1.165) is 5.69 Å². The van der Waals surface area contributed by atoms with Crippen LogP contribution in [0.2, 0.25) is 0 Å². The van der Waals surface area contributed by atoms with Gasteiger partial charge in [0.2, 0.25) is 0 Å². The smallest absolute Gasteiger partial charge is 0.277 e. The predicted molar refractivity (Wildman–Crippen MR) is 72.8 cm³/mol. The van der Waals surface area contributed by atoms with Gasteiger partial charge in [-0.25, -0.2) is 4.68 Å². The number of rotatable bonds is 3. The molecule has 1 amide bonds. The van der Waals surface area contributed by atoms with E-state index < -0.39 is 0 Å². The summed E-state index contributed by atoms with van der Waals surface area (Å²) in [5.74, 6) is 0.292. The second kappa shape index (κ2) is 5.00. The van der Waals surface area contributed by atoms with Crippen LogP contribution >= 0.6 is 0 Å². The summed E-state index contributed by atoms with van der Waals surface area (Å²) in [6, 6.07) is 10.8. The van der Waals surface area contributed by atoms with Crippen LogP contribution in [0.4, 0.5) is 5.69 Å². The minimum absolute atomic E-state index is 0.256. The van der Waals surface area contributed by atoms with Gasteiger partial charge in [0.25, 0.3) is 5.91 Å². The van der Waals surface area contributed by atoms with Gasteiger partial charge in [0.15, 0.2) is 5.69 Å². The molecule has 0 radical (unpaired) electrons. The Balaban J connectivity index is 1.81. The van der Waals surface area contributed by atoms with Crippen LogP contribution in [0.1, 0.15) is 16.2 Å². The first kappa shape index (κ1) is 12.2. The van der Waals surface area contributed by atoms with Crippen molar-refractivity contribution in [2.75, 3.05) is 5.32 Å². The first-order valence-corrected chi connectivity index (χ1v) is 6.07. The van der Waals surface area contributed by atoms with Crippen LogP contribution in [0.3, 0.4) is 0 Å². The van der Waals surface area contributed by atoms with Crippen molar-refractivity contribution < 1.29 is 9.32 Å². The number of aromatic nitrogens is 3. The highest BCUT2D eigenvalue weighted by molar-refractivity contribution is 6.02. The third-order valence-electron chi connectivity index (χ3n) is 2.73. The highest BCUT2D eigenvalue weighted by Gasteiger charge is 2.11. The maximum Gasteiger partial charge on any atom is 0.277 e. The second-order valence-electron chi connectivity index (χ2n) is 4.28. The largest absolute Gasteiger partial charge is 0.361 e. The van der Waals surface area contributed by atoms with Gasteiger partial charge in [0.1, 0.15) is 5.76 Å². The number of nitrogens with zero attached hydrogens (tertiary/aromatic N) is 3. The minimum Gasteiger partial charge on any atom is -0.361 e. The number of nitrogens with one attached hydrogen (secondary N) is 1. The first-order chi connectivity index (χ1) is 9.72. The summed E-state index contributed by atoms with van der Waals surface area (Å²) >= 11 is 0. The molecule has 6 nitrogen and oxygen atoms in total. The molecule has 20 heavy (non-hydrogen) atoms. The molecule has 0 spiro atoms. The fourth-order valence-electron chi connectivity index (χ4n) is 1.82. The van der Waals surface area contributed by atoms with Gasteiger partial charge in [0, 0.05) is 24.1 Å². The molecule has 0 unspecified atom stereocenters. The molecule has 0 aliphatic heterocycles. The fourth-order valence-corrected chi connectivity index (χ4v) is 1.82. The zero-order chi connectivity index (χ0) is 13.9. The van der Waals surface area contributed by atoms with E-state index in [4.69, 9.17) is 4.52 Å². The average molecular weight is 268 g/mol. The van der Waals surface area contributed by atoms with E-state index in [2.05, 4.69) is 15.6 Å². The van der Waals surface area contributed by atoms with Crippen LogP contribution in [-0.4, -0.2) is 20.8 Å². The average Bonchev–Trinajstić information content (AvgIpc) is 3.10. The first-order valence-electron chi connectivity index (χ1n) is 6.07. The minimum atomic E-state index is -0.306. The molecule has 0 saturated heterocycles. The van der Waals surface area contributed by atoms with Crippen LogP contribution in [0.25, 0.3) is 5.69 Å². The van der Waals surface area contributed by atoms with Gasteiger partial charge >= 0.3 is 0 Å². The van der Waals surface area contributed by atoms with Crippen molar-refractivity contribution in [3.05, 3.63) is 60.2 Å². The lowest BCUT2D eigenvalue weighted by atomic mass is 10.2. The Hall–Kier alpha value is -2.89. The van der Waals surface area contributed by atoms with Crippen LogP contribution in [0.5, 0.6) is 0 Å². The van der Waals surface area contributed by atoms with Gasteiger partial charge in [-0.2, -0.15) is 5.10 Å². The van der Waals surface area contributed by atoms with E-state index >= 15 is 0 Å². The molecular formula is C14H12N4O2. The molecular weight excluding hydrogens is 256 g/mol. The Morgan fingerprint density at radius 1 is 1.30 bits per heavy atom. The molecule has 0 atom stereocenters. The van der Waals surface area contributed by atoms with E-state index in [9.17, 15) is 4.79 Å². The Bertz CT molecular complexity index is 731. The Morgan fingerprint density at radius 2 is 2.20 bits per heavy atom. The summed E-state index contributed by atoms with van der Waals surface area (Å²) in [7, 11) is 0. The Kier molecular flexibility index (Phi) is 3.04. The van der Waals surface area contributed by atoms with Gasteiger partial charge in [-0.15, -0.1) is 0 Å². The van der Waals surface area contributed by atoms with Crippen molar-refractivity contribution in [2.24, 2.45) is 0 Å². The zero-order valence-electron chi connectivity index (χ0n) is 10.8. The lowest BCUT2D eigenvalue weighted by Gasteiger charge is -2.06. The molecule has 3 rings (SSSR count). The fraction of sp³-hybridized carbons (Fsp3) is 0.0714. The molecule has 0 aliphatic carbocycles. The van der Waals surface area contributed by atoms with Crippen molar-refractivity contribution in [3.63, 3.8) is 0 Å². The summed E-state index contributed by atoms with van der Waals surface area (Å²) in [4.78, 5) is 12.0. The number of carbonyl (C=O) groups excluding carboxylic acids is 1. The maximum absolute atomic E-state index is 12.0. The number of amides is 1. The molecule has 2 heterocycles. The summed E-state index contributed by atoms with van der Waals surface area (Å²) in [5.41, 5.74) is 1.79. The molecule has 1 aromatic carbocycles. The monoisotopic (exact) mass is 268 g/mol. The summed E-state index contributed by atoms with van der Waals surface area (Å²) in [6.45, 7) is 1.74. The topological polar surface area (TPSA) is 73.0 Å². The quantitative estimate of drug-likeness (QED) is 0.791. The summed E-state index contributed by atoms with van der Waals surface area (Å²) in [5, 5.41) is 10.6. The number of aryl methyl sites for hydroxylation is 1. The molecule has 100 valence electrons. The van der Waals surface area contributed by atoms with E-state index in [-0.39, 0.29) is 11.6 Å². The lowest BCUT2D eigenvalue weighted by Crippen LogP contribution is -2.12. The van der Waals surface area contributed by atoms with Crippen LogP contribution in [0.15, 0.2) is 53.3 Å². The number of hydrogen-bond acceptors (Lipinski definition) is 4. The lowest BCUT2D eigenvalue weighted by molar-refractivity contribution is 0.101. The van der Waals surface area contributed by atoms with Gasteiger partial charge in [-0.1, -0.05) is 11.2 Å². The highest BCUT2D eigenvalue weighted by Crippen LogP contribution is 2.15. The van der Waals surface area contributed by atoms with E-state index in [0.29, 0.717) is 11.4 Å². The highest BCUT2D eigenvalue weighted by atomic mass is 16.5. The maximum atomic E-state index is 12.0. The van der Waals surface area contributed by atoms with Crippen molar-refractivity contribution >= 4 is 11.6 Å². The summed E-state index contributed by atoms with van der Waals surface area (Å²) < 4.78 is 6.60. The molecule has 1 N–H and O–H groups in total. The van der Waals surface area contributed by atoms with Crippen LogP contribution in [-0.2, 0) is 0 Å². The Labute approximate surface area is 115 Å². The molecule has 3 aromatic rings. The third-order valence-corrected chi connectivity index (χ3v) is 2.73. The molecule has 0 aliphatic rings. The van der Waals surface area contributed by atoms with Crippen LogP contribution in [0, 0.1) is 6.92 Å². The molecule has 2 aromatic heterocycles. The van der Waals surface area contributed by atoms with Crippen molar-refractivity contribution in [1.82, 2.24) is 14.9 Å². The summed E-state index contributed by atoms with van der Waals surface area (Å²) in [6.07, 6.45) is 3.53. The van der Waals surface area contributed by atoms with Crippen molar-refractivity contribution in [2.45, 2.75) is 6.92 Å². The van der Waals surface area contributed by atoms with Crippen LogP contribution < -0.4 is 5.32 Å². The van der Waals surface area contributed by atoms with E-state index in [1.165, 1.54) is 0 Å². The molecule has 0 saturated carbocycles. The predicted octanol–water partition coefficient (Wildman–Crippen LogP) is 2.42. The van der Waals surface area contributed by atoms with Gasteiger partial charge in [-0.3, -0.25) is 4.79 Å².